The van der Waals surface area contributed by atoms with Crippen LogP contribution in [0.4, 0.5) is 0 Å². The van der Waals surface area contributed by atoms with Crippen molar-refractivity contribution in [3.63, 3.8) is 0 Å². The van der Waals surface area contributed by atoms with Crippen molar-refractivity contribution < 1.29 is 19.0 Å². The smallest absolute Gasteiger partial charge is 0.408 e. The van der Waals surface area contributed by atoms with Gasteiger partial charge >= 0.3 is 29.3 Å². The zero-order valence-corrected chi connectivity index (χ0v) is 11.5. The molecule has 0 radical (unpaired) electrons. The van der Waals surface area contributed by atoms with Gasteiger partial charge in [-0.25, -0.2) is 0 Å². The standard InChI is InChI=1S/C10H20O4.Al/c1-7(2)12-10(6,13-8(3)4)14-9(5)11;/h7-8H,1-6H3;/q;+3. The van der Waals surface area contributed by atoms with Gasteiger partial charge in [0, 0.05) is 13.8 Å². The molecule has 0 unspecified atom stereocenters. The molecule has 0 N–H and O–H groups in total. The molecule has 0 amide bonds. The number of hydrogen-bond acceptors (Lipinski definition) is 4. The first-order valence-corrected chi connectivity index (χ1v) is 4.80. The zero-order chi connectivity index (χ0) is 11.4. The van der Waals surface area contributed by atoms with Crippen molar-refractivity contribution in [2.24, 2.45) is 0 Å². The summed E-state index contributed by atoms with van der Waals surface area (Å²) in [6, 6.07) is 0. The van der Waals surface area contributed by atoms with Crippen molar-refractivity contribution in [1.29, 1.82) is 0 Å². The number of ether oxygens (including phenoxy) is 3. The van der Waals surface area contributed by atoms with Gasteiger partial charge in [0.2, 0.25) is 0 Å². The average molecular weight is 231 g/mol. The van der Waals surface area contributed by atoms with Crippen molar-refractivity contribution in [2.45, 2.75) is 59.7 Å². The van der Waals surface area contributed by atoms with E-state index < -0.39 is 11.9 Å². The molecule has 15 heavy (non-hydrogen) atoms. The predicted octanol–water partition coefficient (Wildman–Crippen LogP) is 1.69. The van der Waals surface area contributed by atoms with E-state index in [2.05, 4.69) is 0 Å². The third kappa shape index (κ3) is 8.89. The molecule has 84 valence electrons. The van der Waals surface area contributed by atoms with E-state index in [4.69, 9.17) is 14.2 Å². The maximum Gasteiger partial charge on any atom is 3.00 e. The van der Waals surface area contributed by atoms with Crippen LogP contribution in [0.2, 0.25) is 0 Å². The van der Waals surface area contributed by atoms with Crippen LogP contribution < -0.4 is 0 Å². The van der Waals surface area contributed by atoms with Crippen molar-refractivity contribution in [3.05, 3.63) is 0 Å². The molecule has 0 aliphatic carbocycles. The summed E-state index contributed by atoms with van der Waals surface area (Å²) in [6.07, 6.45) is -0.142. The molecule has 0 atom stereocenters. The van der Waals surface area contributed by atoms with Crippen LogP contribution in [-0.4, -0.2) is 41.5 Å². The van der Waals surface area contributed by atoms with Crippen LogP contribution >= 0.6 is 0 Å². The van der Waals surface area contributed by atoms with Crippen LogP contribution in [0.15, 0.2) is 0 Å². The van der Waals surface area contributed by atoms with Gasteiger partial charge in [0.05, 0.1) is 12.2 Å². The molecule has 0 fully saturated rings. The third-order valence-electron chi connectivity index (χ3n) is 1.23. The number of carbonyl (C=O) groups is 1. The van der Waals surface area contributed by atoms with E-state index in [0.29, 0.717) is 0 Å². The second-order valence-corrected chi connectivity index (χ2v) is 3.79. The maximum absolute atomic E-state index is 10.8. The van der Waals surface area contributed by atoms with Crippen LogP contribution in [-0.2, 0) is 19.0 Å². The van der Waals surface area contributed by atoms with Crippen LogP contribution in [0, 0.1) is 0 Å². The van der Waals surface area contributed by atoms with Crippen molar-refractivity contribution in [3.8, 4) is 0 Å². The fourth-order valence-electron chi connectivity index (χ4n) is 1.19. The normalized spacial score (nSPS) is 11.5. The Morgan fingerprint density at radius 3 is 1.60 bits per heavy atom. The van der Waals surface area contributed by atoms with Crippen LogP contribution in [0.25, 0.3) is 0 Å². The number of carbonyl (C=O) groups excluding carboxylic acids is 1. The Balaban J connectivity index is 0. The molecule has 4 nitrogen and oxygen atoms in total. The largest absolute Gasteiger partial charge is 3.00 e. The van der Waals surface area contributed by atoms with Crippen LogP contribution in [0.5, 0.6) is 0 Å². The Kier molecular flexibility index (Phi) is 8.36. The predicted molar refractivity (Wildman–Crippen MR) is 58.4 cm³/mol. The van der Waals surface area contributed by atoms with Crippen LogP contribution in [0.1, 0.15) is 41.5 Å². The Morgan fingerprint density at radius 2 is 1.40 bits per heavy atom. The van der Waals surface area contributed by atoms with Crippen LogP contribution in [0.3, 0.4) is 0 Å². The summed E-state index contributed by atoms with van der Waals surface area (Å²) in [5, 5.41) is 0. The molecule has 0 aromatic carbocycles. The van der Waals surface area contributed by atoms with Gasteiger partial charge in [-0.1, -0.05) is 0 Å². The molecule has 0 spiro atoms. The van der Waals surface area contributed by atoms with E-state index in [1.807, 2.05) is 27.7 Å². The Morgan fingerprint density at radius 1 is 1.07 bits per heavy atom. The molecule has 0 aliphatic heterocycles. The first-order chi connectivity index (χ1) is 6.25. The first-order valence-electron chi connectivity index (χ1n) is 4.80. The van der Waals surface area contributed by atoms with Gasteiger partial charge in [0.15, 0.2) is 0 Å². The molecule has 0 aromatic heterocycles. The van der Waals surface area contributed by atoms with Gasteiger partial charge in [-0.05, 0) is 27.7 Å². The molecule has 0 bridgehead atoms. The van der Waals surface area contributed by atoms with Gasteiger partial charge in [-0.3, -0.25) is 4.79 Å². The average Bonchev–Trinajstić information content (AvgIpc) is 1.76. The summed E-state index contributed by atoms with van der Waals surface area (Å²) >= 11 is 0. The van der Waals surface area contributed by atoms with Gasteiger partial charge in [0.1, 0.15) is 0 Å². The molecule has 0 saturated carbocycles. The minimum atomic E-state index is -1.28. The Hall–Kier alpha value is -0.0775. The summed E-state index contributed by atoms with van der Waals surface area (Å²) < 4.78 is 15.8. The minimum absolute atomic E-state index is 0. The maximum atomic E-state index is 10.8. The molecular weight excluding hydrogens is 211 g/mol. The number of esters is 1. The Labute approximate surface area is 102 Å². The number of hydrogen-bond donors (Lipinski definition) is 0. The second-order valence-electron chi connectivity index (χ2n) is 3.79. The van der Waals surface area contributed by atoms with Gasteiger partial charge in [0.25, 0.3) is 0 Å². The molecule has 0 rings (SSSR count). The molecule has 0 saturated heterocycles. The molecule has 5 heteroatoms. The molecular formula is C10H20AlO4+3. The van der Waals surface area contributed by atoms with E-state index in [9.17, 15) is 4.79 Å². The monoisotopic (exact) mass is 231 g/mol. The van der Waals surface area contributed by atoms with E-state index in [0.717, 1.165) is 0 Å². The quantitative estimate of drug-likeness (QED) is 0.410. The fraction of sp³-hybridized carbons (Fsp3) is 0.900. The van der Waals surface area contributed by atoms with Crippen molar-refractivity contribution in [2.75, 3.05) is 0 Å². The number of rotatable bonds is 5. The first kappa shape index (κ1) is 17.3. The SMILES string of the molecule is CC(=O)OC(C)(OC(C)C)OC(C)C.[Al+3]. The van der Waals surface area contributed by atoms with E-state index in [-0.39, 0.29) is 29.6 Å². The van der Waals surface area contributed by atoms with Crippen molar-refractivity contribution in [1.82, 2.24) is 0 Å². The molecule has 0 heterocycles. The fourth-order valence-corrected chi connectivity index (χ4v) is 1.19. The molecule has 0 aromatic rings. The summed E-state index contributed by atoms with van der Waals surface area (Å²) in [5.74, 6) is -1.71. The minimum Gasteiger partial charge on any atom is -0.408 e. The third-order valence-corrected chi connectivity index (χ3v) is 1.23. The topological polar surface area (TPSA) is 44.8 Å². The molecule has 0 aliphatic rings. The zero-order valence-electron chi connectivity index (χ0n) is 10.4. The summed E-state index contributed by atoms with van der Waals surface area (Å²) in [5.41, 5.74) is 0. The van der Waals surface area contributed by atoms with E-state index >= 15 is 0 Å². The van der Waals surface area contributed by atoms with Gasteiger partial charge in [-0.2, -0.15) is 0 Å². The summed E-state index contributed by atoms with van der Waals surface area (Å²) in [7, 11) is 0. The second kappa shape index (κ2) is 7.24. The van der Waals surface area contributed by atoms with Gasteiger partial charge < -0.3 is 14.2 Å². The summed E-state index contributed by atoms with van der Waals surface area (Å²) in [4.78, 5) is 10.8. The van der Waals surface area contributed by atoms with Crippen molar-refractivity contribution >= 4 is 23.3 Å². The summed E-state index contributed by atoms with van der Waals surface area (Å²) in [6.45, 7) is 10.3. The Bertz CT molecular complexity index is 182. The van der Waals surface area contributed by atoms with E-state index in [1.54, 1.807) is 6.92 Å². The van der Waals surface area contributed by atoms with E-state index in [1.165, 1.54) is 6.92 Å². The van der Waals surface area contributed by atoms with Gasteiger partial charge in [-0.15, -0.1) is 0 Å².